The van der Waals surface area contributed by atoms with E-state index < -0.39 is 34.0 Å². The Hall–Kier alpha value is -5.40. The maximum atomic E-state index is 13.6. The number of morpholine rings is 2. The second-order valence-corrected chi connectivity index (χ2v) is 19.7. The van der Waals surface area contributed by atoms with Crippen LogP contribution >= 0.6 is 0 Å². The van der Waals surface area contributed by atoms with Gasteiger partial charge in [0.15, 0.2) is 16.9 Å². The number of anilines is 1. The maximum absolute atomic E-state index is 13.6. The van der Waals surface area contributed by atoms with E-state index in [-0.39, 0.29) is 34.7 Å². The van der Waals surface area contributed by atoms with Crippen LogP contribution in [0.2, 0.25) is 0 Å². The van der Waals surface area contributed by atoms with Crippen LogP contribution < -0.4 is 26.1 Å². The van der Waals surface area contributed by atoms with E-state index in [1.165, 1.54) is 12.4 Å². The summed E-state index contributed by atoms with van der Waals surface area (Å²) in [6, 6.07) is 10.3. The van der Waals surface area contributed by atoms with Crippen LogP contribution in [0, 0.1) is 0 Å². The molecule has 4 N–H and O–H groups in total. The van der Waals surface area contributed by atoms with Gasteiger partial charge in [0.25, 0.3) is 17.4 Å². The molecule has 2 aliphatic rings. The summed E-state index contributed by atoms with van der Waals surface area (Å²) in [6.07, 6.45) is 12.1. The van der Waals surface area contributed by atoms with Crippen molar-refractivity contribution < 1.29 is 45.5 Å². The number of imidazole rings is 2. The van der Waals surface area contributed by atoms with E-state index in [9.17, 15) is 22.8 Å². The van der Waals surface area contributed by atoms with Gasteiger partial charge < -0.3 is 44.1 Å². The van der Waals surface area contributed by atoms with Gasteiger partial charge >= 0.3 is 0 Å². The summed E-state index contributed by atoms with van der Waals surface area (Å²) in [4.78, 5) is 55.5. The zero-order valence-corrected chi connectivity index (χ0v) is 44.6. The van der Waals surface area contributed by atoms with E-state index >= 15 is 0 Å². The van der Waals surface area contributed by atoms with Crippen molar-refractivity contribution in [3.63, 3.8) is 0 Å². The molecule has 2 aromatic carbocycles. The first kappa shape index (κ1) is 56.9. The minimum atomic E-state index is -1.85. The molecule has 21 nitrogen and oxygen atoms in total. The SMILES string of the molecule is CCCCC(CC)n1cnc(C(N)=O)c1NC(=O)c1cc(S(=O)ON2CCOCC2)ccc1OCCC.CCCCC(CC)n1cnc2c(=O)[nH]c(Cc3cc(S(=O)ON4CCOCC4)ccc3OCC)nc21. The van der Waals surface area contributed by atoms with Gasteiger partial charge in [-0.15, -0.1) is 0 Å². The maximum Gasteiger partial charge on any atom is 0.279 e. The van der Waals surface area contributed by atoms with Gasteiger partial charge in [0.05, 0.1) is 67.7 Å². The number of hydrogen-bond donors (Lipinski definition) is 3. The van der Waals surface area contributed by atoms with E-state index in [4.69, 9.17) is 38.2 Å². The summed E-state index contributed by atoms with van der Waals surface area (Å²) in [5.74, 6) is 0.434. The van der Waals surface area contributed by atoms with Gasteiger partial charge in [-0.25, -0.2) is 23.4 Å². The summed E-state index contributed by atoms with van der Waals surface area (Å²) < 4.78 is 63.1. The number of aromatic amines is 1. The van der Waals surface area contributed by atoms with Gasteiger partial charge in [0, 0.05) is 50.2 Å². The van der Waals surface area contributed by atoms with Gasteiger partial charge in [-0.3, -0.25) is 14.4 Å². The monoisotopic (exact) mass is 1050 g/mol. The highest BCUT2D eigenvalue weighted by Crippen LogP contribution is 2.30. The van der Waals surface area contributed by atoms with Crippen LogP contribution in [-0.4, -0.2) is 125 Å². The van der Waals surface area contributed by atoms with Crippen molar-refractivity contribution in [1.82, 2.24) is 39.2 Å². The van der Waals surface area contributed by atoms with Crippen LogP contribution in [-0.2, 0) is 46.6 Å². The van der Waals surface area contributed by atoms with E-state index in [0.717, 1.165) is 63.4 Å². The van der Waals surface area contributed by atoms with Crippen molar-refractivity contribution in [2.75, 3.05) is 71.1 Å². The van der Waals surface area contributed by atoms with Gasteiger partial charge in [-0.05, 0) is 75.4 Å². The van der Waals surface area contributed by atoms with Crippen LogP contribution in [0.15, 0.2) is 63.6 Å². The number of carbonyl (C=O) groups excluding carboxylic acids is 2. The number of hydroxylamine groups is 4. The van der Waals surface area contributed by atoms with Crippen molar-refractivity contribution in [1.29, 1.82) is 0 Å². The van der Waals surface area contributed by atoms with Crippen LogP contribution in [0.4, 0.5) is 5.82 Å². The Labute approximate surface area is 432 Å². The number of primary amides is 1. The first-order valence-corrected chi connectivity index (χ1v) is 27.6. The van der Waals surface area contributed by atoms with Crippen molar-refractivity contribution >= 4 is 51.0 Å². The third-order valence-electron chi connectivity index (χ3n) is 12.3. The van der Waals surface area contributed by atoms with Crippen LogP contribution in [0.1, 0.15) is 144 Å². The molecule has 2 aliphatic heterocycles. The highest BCUT2D eigenvalue weighted by molar-refractivity contribution is 7.80. The van der Waals surface area contributed by atoms with E-state index in [0.29, 0.717) is 111 Å². The van der Waals surface area contributed by atoms with Crippen LogP contribution in [0.5, 0.6) is 11.5 Å². The molecule has 400 valence electrons. The lowest BCUT2D eigenvalue weighted by molar-refractivity contribution is -0.109. The van der Waals surface area contributed by atoms with Gasteiger partial charge in [0.2, 0.25) is 22.2 Å². The number of aromatic nitrogens is 6. The second-order valence-electron chi connectivity index (χ2n) is 17.5. The van der Waals surface area contributed by atoms with Gasteiger partial charge in [0.1, 0.15) is 23.1 Å². The molecule has 7 rings (SSSR count). The lowest BCUT2D eigenvalue weighted by atomic mass is 10.1. The first-order chi connectivity index (χ1) is 35.4. The number of hydrogen-bond acceptors (Lipinski definition) is 16. The normalized spacial score (nSPS) is 16.0. The number of H-pyrrole nitrogens is 1. The third kappa shape index (κ3) is 15.6. The van der Waals surface area contributed by atoms with Crippen molar-refractivity contribution in [2.24, 2.45) is 5.73 Å². The summed E-state index contributed by atoms with van der Waals surface area (Å²) in [5.41, 5.74) is 7.14. The second kappa shape index (κ2) is 28.9. The molecule has 2 saturated heterocycles. The Kier molecular flexibility index (Phi) is 22.5. The molecule has 4 atom stereocenters. The minimum absolute atomic E-state index is 0.0188. The van der Waals surface area contributed by atoms with Crippen molar-refractivity contribution in [3.8, 4) is 11.5 Å². The summed E-state index contributed by atoms with van der Waals surface area (Å²) in [7, 11) is 0. The number of rotatable bonds is 26. The fraction of sp³-hybridized carbons (Fsp3) is 0.560. The average Bonchev–Trinajstić information content (AvgIpc) is 4.02. The first-order valence-electron chi connectivity index (χ1n) is 25.4. The molecule has 73 heavy (non-hydrogen) atoms. The van der Waals surface area contributed by atoms with Gasteiger partial charge in [-0.1, -0.05) is 60.3 Å². The molecular weight excluding hydrogens is 981 g/mol. The number of nitrogens with one attached hydrogen (secondary N) is 2. The molecule has 0 spiro atoms. The number of nitrogens with zero attached hydrogens (tertiary/aromatic N) is 7. The molecule has 0 bridgehead atoms. The van der Waals surface area contributed by atoms with Gasteiger partial charge in [-0.2, -0.15) is 18.7 Å². The number of amides is 2. The van der Waals surface area contributed by atoms with E-state index in [1.807, 2.05) is 25.3 Å². The highest BCUT2D eigenvalue weighted by atomic mass is 32.2. The summed E-state index contributed by atoms with van der Waals surface area (Å²) >= 11 is -3.53. The lowest BCUT2D eigenvalue weighted by Gasteiger charge is -2.24. The van der Waals surface area contributed by atoms with E-state index in [1.54, 1.807) is 51.4 Å². The fourth-order valence-corrected chi connectivity index (χ4v) is 9.99. The minimum Gasteiger partial charge on any atom is -0.494 e. The third-order valence-corrected chi connectivity index (χ3v) is 14.2. The van der Waals surface area contributed by atoms with Crippen molar-refractivity contribution in [2.45, 2.75) is 128 Å². The molecular formula is C50H72N10O11S2. The Morgan fingerprint density at radius 2 is 1.34 bits per heavy atom. The summed E-state index contributed by atoms with van der Waals surface area (Å²) in [5, 5.41) is 6.07. The molecule has 2 fully saturated rings. The predicted molar refractivity (Wildman–Crippen MR) is 277 cm³/mol. The smallest absolute Gasteiger partial charge is 0.279 e. The Bertz CT molecular complexity index is 2680. The number of benzene rings is 2. The Morgan fingerprint density at radius 3 is 1.90 bits per heavy atom. The number of fused-ring (bicyclic) bond motifs is 1. The molecule has 0 saturated carbocycles. The highest BCUT2D eigenvalue weighted by Gasteiger charge is 2.26. The van der Waals surface area contributed by atoms with E-state index in [2.05, 4.69) is 41.0 Å². The molecule has 5 aromatic rings. The predicted octanol–water partition coefficient (Wildman–Crippen LogP) is 6.99. The largest absolute Gasteiger partial charge is 0.494 e. The van der Waals surface area contributed by atoms with Crippen LogP contribution in [0.25, 0.3) is 11.2 Å². The zero-order valence-electron chi connectivity index (χ0n) is 42.9. The molecule has 0 radical (unpaired) electrons. The fourth-order valence-electron chi connectivity index (χ4n) is 8.32. The molecule has 0 aliphatic carbocycles. The lowest BCUT2D eigenvalue weighted by Crippen LogP contribution is -2.36. The number of ether oxygens (including phenoxy) is 4. The quantitative estimate of drug-likeness (QED) is 0.0505. The van der Waals surface area contributed by atoms with Crippen LogP contribution in [0.3, 0.4) is 0 Å². The Balaban J connectivity index is 0.000000238. The standard InChI is InChI=1S/C25H37N5O6S.C25H35N5O5S/c1-4-7-8-18(6-3)30-17-27-22(23(26)31)24(30)28-25(32)20-16-19(9-10-21(20)35-13-5-2)37(33)36-29-11-14-34-15-12-29;1-4-7-8-19(5-2)30-17-26-23-24(30)27-22(28-25(23)31)16-18-15-20(9-10-21(18)34-6-3)36(32)35-29-11-13-33-14-12-29/h9-10,16-18H,4-8,11-15H2,1-3H3,(H2,26,31)(H,28,32);9-10,15,17,19H,4-8,11-14,16H2,1-3H3,(H,27,28,31). The molecule has 23 heteroatoms. The zero-order chi connectivity index (χ0) is 52.3. The number of carbonyl (C=O) groups is 2. The average molecular weight is 1050 g/mol. The topological polar surface area (TPSA) is 250 Å². The molecule has 4 unspecified atom stereocenters. The van der Waals surface area contributed by atoms with Crippen molar-refractivity contribution in [3.05, 3.63) is 82.1 Å². The molecule has 5 heterocycles. The molecule has 2 amide bonds. The summed E-state index contributed by atoms with van der Waals surface area (Å²) in [6.45, 7) is 17.4. The number of nitrogens with two attached hydrogens (primary N) is 1. The molecule has 3 aromatic heterocycles. The Morgan fingerprint density at radius 1 is 0.767 bits per heavy atom. The number of unbranched alkanes of at least 4 members (excludes halogenated alkanes) is 2.